The molecule has 0 bridgehead atoms. The van der Waals surface area contributed by atoms with Crippen LogP contribution in [-0.4, -0.2) is 31.1 Å². The Hall–Kier alpha value is -3.13. The first-order valence-corrected chi connectivity index (χ1v) is 13.4. The van der Waals surface area contributed by atoms with Crippen molar-refractivity contribution in [1.82, 2.24) is 24.5 Å². The van der Waals surface area contributed by atoms with Crippen molar-refractivity contribution in [3.63, 3.8) is 0 Å². The number of hydrogen-bond acceptors (Lipinski definition) is 5. The fourth-order valence-electron chi connectivity index (χ4n) is 4.79. The van der Waals surface area contributed by atoms with Crippen LogP contribution in [0.5, 0.6) is 0 Å². The van der Waals surface area contributed by atoms with Gasteiger partial charge in [-0.05, 0) is 49.9 Å². The maximum absolute atomic E-state index is 13.3. The lowest BCUT2D eigenvalue weighted by molar-refractivity contribution is 0.0928. The standard InChI is InChI=1S/C27H31N5O2S/c1-3-15-31-25(34)22-14-13-20(24(33)28-21-7-5-4-6-8-21)16-23(22)32-26(31)29-30-27(32)35-17-19-11-9-18(2)10-12-19/h9-14,16,21H,3-8,15,17H2,1-2H3,(H,28,33). The quantitative estimate of drug-likeness (QED) is 0.365. The van der Waals surface area contributed by atoms with Crippen LogP contribution in [0.25, 0.3) is 16.7 Å². The summed E-state index contributed by atoms with van der Waals surface area (Å²) in [5.41, 5.74) is 3.54. The maximum Gasteiger partial charge on any atom is 0.262 e. The van der Waals surface area contributed by atoms with Gasteiger partial charge in [0.2, 0.25) is 5.78 Å². The average molecular weight is 490 g/mol. The fourth-order valence-corrected chi connectivity index (χ4v) is 5.69. The molecule has 0 spiro atoms. The molecule has 182 valence electrons. The van der Waals surface area contributed by atoms with Gasteiger partial charge >= 0.3 is 0 Å². The van der Waals surface area contributed by atoms with E-state index in [1.54, 1.807) is 28.5 Å². The molecule has 2 aromatic heterocycles. The van der Waals surface area contributed by atoms with Gasteiger partial charge in [0.05, 0.1) is 10.9 Å². The molecule has 5 rings (SSSR count). The third-order valence-electron chi connectivity index (χ3n) is 6.71. The SMILES string of the molecule is CCCn1c(=O)c2ccc(C(=O)NC3CCCCC3)cc2n2c(SCc3ccc(C)cc3)nnc12. The van der Waals surface area contributed by atoms with Crippen molar-refractivity contribution in [2.45, 2.75) is 75.9 Å². The van der Waals surface area contributed by atoms with Crippen LogP contribution in [0.3, 0.4) is 0 Å². The summed E-state index contributed by atoms with van der Waals surface area (Å²) in [7, 11) is 0. The fraction of sp³-hybridized carbons (Fsp3) is 0.407. The maximum atomic E-state index is 13.3. The number of hydrogen-bond donors (Lipinski definition) is 1. The van der Waals surface area contributed by atoms with Crippen LogP contribution in [0.15, 0.2) is 52.4 Å². The molecule has 2 aromatic carbocycles. The number of carbonyl (C=O) groups is 1. The molecule has 0 aliphatic heterocycles. The van der Waals surface area contributed by atoms with Crippen LogP contribution < -0.4 is 10.9 Å². The molecular formula is C27H31N5O2S. The number of carbonyl (C=O) groups excluding carboxylic acids is 1. The second-order valence-corrected chi connectivity index (χ2v) is 10.3. The number of aryl methyl sites for hydroxylation is 2. The van der Waals surface area contributed by atoms with Gasteiger partial charge in [0.15, 0.2) is 5.16 Å². The Labute approximate surface area is 208 Å². The highest BCUT2D eigenvalue weighted by Gasteiger charge is 2.20. The predicted octanol–water partition coefficient (Wildman–Crippen LogP) is 5.12. The van der Waals surface area contributed by atoms with Gasteiger partial charge in [-0.1, -0.05) is 67.8 Å². The molecule has 1 aliphatic rings. The van der Waals surface area contributed by atoms with E-state index in [-0.39, 0.29) is 17.5 Å². The van der Waals surface area contributed by atoms with E-state index in [2.05, 4.69) is 46.7 Å². The first kappa shape index (κ1) is 23.6. The van der Waals surface area contributed by atoms with Crippen molar-refractivity contribution in [2.75, 3.05) is 0 Å². The lowest BCUT2D eigenvalue weighted by Gasteiger charge is -2.22. The van der Waals surface area contributed by atoms with E-state index in [0.29, 0.717) is 33.9 Å². The van der Waals surface area contributed by atoms with Crippen LogP contribution in [0.1, 0.15) is 66.9 Å². The van der Waals surface area contributed by atoms with Gasteiger partial charge in [0.1, 0.15) is 0 Å². The minimum Gasteiger partial charge on any atom is -0.349 e. The molecule has 1 N–H and O–H groups in total. The van der Waals surface area contributed by atoms with E-state index in [0.717, 1.165) is 37.9 Å². The van der Waals surface area contributed by atoms with Gasteiger partial charge in [-0.2, -0.15) is 0 Å². The molecule has 4 aromatic rings. The number of nitrogens with one attached hydrogen (secondary N) is 1. The highest BCUT2D eigenvalue weighted by atomic mass is 32.2. The van der Waals surface area contributed by atoms with Crippen LogP contribution in [0, 0.1) is 6.92 Å². The van der Waals surface area contributed by atoms with Crippen molar-refractivity contribution in [2.24, 2.45) is 0 Å². The zero-order valence-electron chi connectivity index (χ0n) is 20.3. The van der Waals surface area contributed by atoms with E-state index >= 15 is 0 Å². The first-order valence-electron chi connectivity index (χ1n) is 12.5. The highest BCUT2D eigenvalue weighted by Crippen LogP contribution is 2.26. The molecule has 0 atom stereocenters. The Morgan fingerprint density at radius 2 is 1.86 bits per heavy atom. The Kier molecular flexibility index (Phi) is 6.90. The molecule has 0 unspecified atom stereocenters. The number of rotatable bonds is 7. The summed E-state index contributed by atoms with van der Waals surface area (Å²) >= 11 is 1.58. The lowest BCUT2D eigenvalue weighted by Crippen LogP contribution is -2.36. The molecule has 8 heteroatoms. The van der Waals surface area contributed by atoms with Gasteiger partial charge in [0.25, 0.3) is 11.5 Å². The van der Waals surface area contributed by atoms with Crippen molar-refractivity contribution < 1.29 is 4.79 Å². The summed E-state index contributed by atoms with van der Waals surface area (Å²) in [6.07, 6.45) is 6.40. The summed E-state index contributed by atoms with van der Waals surface area (Å²) in [6.45, 7) is 4.67. The number of fused-ring (bicyclic) bond motifs is 3. The smallest absolute Gasteiger partial charge is 0.262 e. The Morgan fingerprint density at radius 3 is 2.60 bits per heavy atom. The molecule has 35 heavy (non-hydrogen) atoms. The topological polar surface area (TPSA) is 81.3 Å². The third kappa shape index (κ3) is 4.85. The molecule has 7 nitrogen and oxygen atoms in total. The summed E-state index contributed by atoms with van der Waals surface area (Å²) in [5, 5.41) is 13.3. The van der Waals surface area contributed by atoms with Crippen LogP contribution in [0.4, 0.5) is 0 Å². The lowest BCUT2D eigenvalue weighted by atomic mass is 9.95. The Balaban J connectivity index is 1.56. The average Bonchev–Trinajstić information content (AvgIpc) is 3.30. The number of nitrogens with zero attached hydrogens (tertiary/aromatic N) is 4. The molecule has 0 radical (unpaired) electrons. The minimum absolute atomic E-state index is 0.0911. The minimum atomic E-state index is -0.101. The van der Waals surface area contributed by atoms with Crippen molar-refractivity contribution in [3.05, 3.63) is 69.5 Å². The molecule has 1 amide bonds. The number of thioether (sulfide) groups is 1. The second-order valence-electron chi connectivity index (χ2n) is 9.39. The number of aromatic nitrogens is 4. The third-order valence-corrected chi connectivity index (χ3v) is 7.71. The van der Waals surface area contributed by atoms with E-state index in [4.69, 9.17) is 0 Å². The van der Waals surface area contributed by atoms with Gasteiger partial charge in [-0.15, -0.1) is 10.2 Å². The summed E-state index contributed by atoms with van der Waals surface area (Å²) < 4.78 is 3.62. The van der Waals surface area contributed by atoms with Crippen LogP contribution >= 0.6 is 11.8 Å². The van der Waals surface area contributed by atoms with Crippen LogP contribution in [-0.2, 0) is 12.3 Å². The molecular weight excluding hydrogens is 458 g/mol. The molecule has 2 heterocycles. The van der Waals surface area contributed by atoms with Crippen LogP contribution in [0.2, 0.25) is 0 Å². The van der Waals surface area contributed by atoms with Gasteiger partial charge < -0.3 is 5.32 Å². The monoisotopic (exact) mass is 489 g/mol. The van der Waals surface area contributed by atoms with Crippen molar-refractivity contribution in [1.29, 1.82) is 0 Å². The normalized spacial score (nSPS) is 14.6. The highest BCUT2D eigenvalue weighted by molar-refractivity contribution is 7.98. The molecule has 1 saturated carbocycles. The Morgan fingerprint density at radius 1 is 1.09 bits per heavy atom. The van der Waals surface area contributed by atoms with E-state index < -0.39 is 0 Å². The van der Waals surface area contributed by atoms with Gasteiger partial charge in [-0.25, -0.2) is 0 Å². The Bertz CT molecular complexity index is 1420. The zero-order chi connectivity index (χ0) is 24.4. The summed E-state index contributed by atoms with van der Waals surface area (Å²) in [5.74, 6) is 1.16. The van der Waals surface area contributed by atoms with Gasteiger partial charge in [0, 0.05) is 23.9 Å². The summed E-state index contributed by atoms with van der Waals surface area (Å²) in [4.78, 5) is 26.4. The van der Waals surface area contributed by atoms with Crippen molar-refractivity contribution in [3.8, 4) is 0 Å². The van der Waals surface area contributed by atoms with E-state index in [9.17, 15) is 9.59 Å². The molecule has 1 aliphatic carbocycles. The number of benzene rings is 2. The molecule has 1 fully saturated rings. The predicted molar refractivity (Wildman–Crippen MR) is 140 cm³/mol. The molecule has 0 saturated heterocycles. The second kappa shape index (κ2) is 10.2. The van der Waals surface area contributed by atoms with E-state index in [1.165, 1.54) is 17.5 Å². The first-order chi connectivity index (χ1) is 17.0. The summed E-state index contributed by atoms with van der Waals surface area (Å²) in [6, 6.07) is 14.0. The number of amides is 1. The largest absolute Gasteiger partial charge is 0.349 e. The zero-order valence-corrected chi connectivity index (χ0v) is 21.1. The van der Waals surface area contributed by atoms with E-state index in [1.807, 2.05) is 17.4 Å². The van der Waals surface area contributed by atoms with Crippen molar-refractivity contribution >= 4 is 34.3 Å². The van der Waals surface area contributed by atoms with Gasteiger partial charge in [-0.3, -0.25) is 18.6 Å².